The molecule has 0 radical (unpaired) electrons. The monoisotopic (exact) mass is 365 g/mol. The van der Waals surface area contributed by atoms with Gasteiger partial charge >= 0.3 is 6.03 Å². The first kappa shape index (κ1) is 16.8. The smallest absolute Gasteiger partial charge is 0.315 e. The first-order valence-corrected chi connectivity index (χ1v) is 10.1. The van der Waals surface area contributed by atoms with E-state index in [-0.39, 0.29) is 11.6 Å². The molecule has 4 aliphatic rings. The van der Waals surface area contributed by atoms with E-state index in [0.717, 1.165) is 34.7 Å². The molecule has 142 valence electrons. The van der Waals surface area contributed by atoms with E-state index in [1.807, 2.05) is 29.9 Å². The number of carbonyl (C=O) groups excluding carboxylic acids is 1. The van der Waals surface area contributed by atoms with Crippen LogP contribution in [0.25, 0.3) is 11.3 Å². The Kier molecular flexibility index (Phi) is 3.95. The Labute approximate surface area is 159 Å². The van der Waals surface area contributed by atoms with Crippen LogP contribution in [-0.4, -0.2) is 26.3 Å². The average molecular weight is 365 g/mol. The number of aromatic nitrogens is 3. The van der Waals surface area contributed by atoms with Crippen molar-refractivity contribution in [2.24, 2.45) is 24.8 Å². The summed E-state index contributed by atoms with van der Waals surface area (Å²) in [6, 6.07) is 5.91. The number of carbonyl (C=O) groups is 1. The number of pyridine rings is 1. The zero-order valence-electron chi connectivity index (χ0n) is 15.8. The van der Waals surface area contributed by atoms with Gasteiger partial charge in [-0.2, -0.15) is 5.10 Å². The van der Waals surface area contributed by atoms with Gasteiger partial charge in [-0.3, -0.25) is 9.67 Å². The zero-order valence-corrected chi connectivity index (χ0v) is 15.8. The third-order valence-corrected chi connectivity index (χ3v) is 6.75. The maximum atomic E-state index is 12.6. The van der Waals surface area contributed by atoms with Crippen LogP contribution < -0.4 is 10.6 Å². The lowest BCUT2D eigenvalue weighted by atomic mass is 9.53. The molecule has 4 saturated carbocycles. The standard InChI is InChI=1S/C21H27N5O/c1-26-19(17-2-4-22-5-3-17)9-18(25-26)13-23-20(27)24-21-10-14-6-15(11-21)8-16(7-14)12-21/h2-5,9,14-16H,6-8,10-13H2,1H3,(H2,23,24,27). The molecule has 0 aromatic carbocycles. The second-order valence-corrected chi connectivity index (χ2v) is 8.89. The number of rotatable bonds is 4. The molecule has 0 spiro atoms. The molecule has 4 fully saturated rings. The van der Waals surface area contributed by atoms with Crippen molar-refractivity contribution in [2.75, 3.05) is 0 Å². The van der Waals surface area contributed by atoms with Crippen LogP contribution in [0.1, 0.15) is 44.2 Å². The zero-order chi connectivity index (χ0) is 18.4. The minimum absolute atomic E-state index is 0.0468. The summed E-state index contributed by atoms with van der Waals surface area (Å²) in [5.74, 6) is 2.49. The van der Waals surface area contributed by atoms with Crippen molar-refractivity contribution in [3.8, 4) is 11.3 Å². The molecule has 2 aromatic heterocycles. The van der Waals surface area contributed by atoms with Gasteiger partial charge in [0.1, 0.15) is 0 Å². The van der Waals surface area contributed by atoms with Crippen molar-refractivity contribution in [1.29, 1.82) is 0 Å². The van der Waals surface area contributed by atoms with E-state index in [1.54, 1.807) is 12.4 Å². The van der Waals surface area contributed by atoms with Crippen LogP contribution in [-0.2, 0) is 13.6 Å². The predicted octanol–water partition coefficient (Wildman–Crippen LogP) is 3.25. The number of nitrogens with zero attached hydrogens (tertiary/aromatic N) is 3. The van der Waals surface area contributed by atoms with Gasteiger partial charge in [0.2, 0.25) is 0 Å². The number of hydrogen-bond donors (Lipinski definition) is 2. The summed E-state index contributed by atoms with van der Waals surface area (Å²) in [4.78, 5) is 16.7. The summed E-state index contributed by atoms with van der Waals surface area (Å²) in [7, 11) is 1.93. The van der Waals surface area contributed by atoms with E-state index in [4.69, 9.17) is 0 Å². The highest BCUT2D eigenvalue weighted by molar-refractivity contribution is 5.75. The minimum Gasteiger partial charge on any atom is -0.333 e. The summed E-state index contributed by atoms with van der Waals surface area (Å²) in [6.07, 6.45) is 11.2. The van der Waals surface area contributed by atoms with Crippen LogP contribution >= 0.6 is 0 Å². The maximum Gasteiger partial charge on any atom is 0.315 e. The number of hydrogen-bond acceptors (Lipinski definition) is 3. The molecule has 0 saturated heterocycles. The van der Waals surface area contributed by atoms with Gasteiger partial charge in [-0.1, -0.05) is 0 Å². The van der Waals surface area contributed by atoms with Gasteiger partial charge in [-0.15, -0.1) is 0 Å². The van der Waals surface area contributed by atoms with E-state index in [1.165, 1.54) is 38.5 Å². The number of nitrogens with one attached hydrogen (secondary N) is 2. The average Bonchev–Trinajstić information content (AvgIpc) is 3.00. The molecular weight excluding hydrogens is 338 g/mol. The molecule has 6 rings (SSSR count). The predicted molar refractivity (Wildman–Crippen MR) is 103 cm³/mol. The summed E-state index contributed by atoms with van der Waals surface area (Å²) in [6.45, 7) is 0.442. The Hall–Kier alpha value is -2.37. The second kappa shape index (κ2) is 6.36. The molecule has 0 atom stereocenters. The summed E-state index contributed by atoms with van der Waals surface area (Å²) < 4.78 is 1.85. The molecule has 6 nitrogen and oxygen atoms in total. The SMILES string of the molecule is Cn1nc(CNC(=O)NC23CC4CC(CC(C4)C2)C3)cc1-c1ccncc1. The Balaban J connectivity index is 1.22. The molecule has 27 heavy (non-hydrogen) atoms. The van der Waals surface area contributed by atoms with Crippen LogP contribution in [0.2, 0.25) is 0 Å². The lowest BCUT2D eigenvalue weighted by Gasteiger charge is -2.56. The fraction of sp³-hybridized carbons (Fsp3) is 0.571. The third-order valence-electron chi connectivity index (χ3n) is 6.75. The molecular formula is C21H27N5O. The third kappa shape index (κ3) is 3.22. The Bertz CT molecular complexity index is 808. The topological polar surface area (TPSA) is 71.8 Å². The van der Waals surface area contributed by atoms with E-state index in [0.29, 0.717) is 6.54 Å². The molecule has 6 heteroatoms. The van der Waals surface area contributed by atoms with Crippen molar-refractivity contribution in [3.63, 3.8) is 0 Å². The first-order chi connectivity index (χ1) is 13.1. The Morgan fingerprint density at radius 1 is 1.15 bits per heavy atom. The highest BCUT2D eigenvalue weighted by Gasteiger charge is 2.51. The molecule has 2 N–H and O–H groups in total. The van der Waals surface area contributed by atoms with Gasteiger partial charge in [-0.25, -0.2) is 4.79 Å². The first-order valence-electron chi connectivity index (χ1n) is 10.1. The Morgan fingerprint density at radius 3 is 2.41 bits per heavy atom. The number of aryl methyl sites for hydroxylation is 1. The summed E-state index contributed by atoms with van der Waals surface area (Å²) in [5.41, 5.74) is 3.01. The largest absolute Gasteiger partial charge is 0.333 e. The normalized spacial score (nSPS) is 31.1. The summed E-state index contributed by atoms with van der Waals surface area (Å²) in [5, 5.41) is 10.9. The van der Waals surface area contributed by atoms with Crippen LogP contribution in [0, 0.1) is 17.8 Å². The maximum absolute atomic E-state index is 12.6. The number of urea groups is 1. The highest BCUT2D eigenvalue weighted by Crippen LogP contribution is 2.55. The van der Waals surface area contributed by atoms with Gasteiger partial charge in [-0.05, 0) is 74.5 Å². The molecule has 2 amide bonds. The molecule has 4 aliphatic carbocycles. The summed E-state index contributed by atoms with van der Waals surface area (Å²) >= 11 is 0. The van der Waals surface area contributed by atoms with Gasteiger partial charge in [0.25, 0.3) is 0 Å². The van der Waals surface area contributed by atoms with Crippen LogP contribution in [0.4, 0.5) is 4.79 Å². The van der Waals surface area contributed by atoms with Gasteiger partial charge in [0.15, 0.2) is 0 Å². The van der Waals surface area contributed by atoms with Crippen molar-refractivity contribution in [3.05, 3.63) is 36.3 Å². The lowest BCUT2D eigenvalue weighted by molar-refractivity contribution is -0.0135. The quantitative estimate of drug-likeness (QED) is 0.874. The molecule has 0 aliphatic heterocycles. The van der Waals surface area contributed by atoms with E-state index in [9.17, 15) is 4.79 Å². The molecule has 0 unspecified atom stereocenters. The van der Waals surface area contributed by atoms with Gasteiger partial charge < -0.3 is 10.6 Å². The minimum atomic E-state index is -0.0481. The van der Waals surface area contributed by atoms with E-state index < -0.39 is 0 Å². The van der Waals surface area contributed by atoms with Crippen molar-refractivity contribution >= 4 is 6.03 Å². The second-order valence-electron chi connectivity index (χ2n) is 8.89. The van der Waals surface area contributed by atoms with Crippen LogP contribution in [0.3, 0.4) is 0 Å². The van der Waals surface area contributed by atoms with Gasteiger partial charge in [0.05, 0.1) is 17.9 Å². The molecule has 4 bridgehead atoms. The van der Waals surface area contributed by atoms with Crippen molar-refractivity contribution < 1.29 is 4.79 Å². The lowest BCUT2D eigenvalue weighted by Crippen LogP contribution is -2.61. The fourth-order valence-corrected chi connectivity index (χ4v) is 6.13. The van der Waals surface area contributed by atoms with E-state index in [2.05, 4.69) is 20.7 Å². The van der Waals surface area contributed by atoms with E-state index >= 15 is 0 Å². The molecule has 2 heterocycles. The Morgan fingerprint density at radius 2 is 1.78 bits per heavy atom. The molecule has 2 aromatic rings. The van der Waals surface area contributed by atoms with Gasteiger partial charge in [0, 0.05) is 30.5 Å². The number of amides is 2. The fourth-order valence-electron chi connectivity index (χ4n) is 6.13. The highest BCUT2D eigenvalue weighted by atomic mass is 16.2. The van der Waals surface area contributed by atoms with Crippen molar-refractivity contribution in [1.82, 2.24) is 25.4 Å². The van der Waals surface area contributed by atoms with Crippen LogP contribution in [0.5, 0.6) is 0 Å². The van der Waals surface area contributed by atoms with Crippen molar-refractivity contribution in [2.45, 2.75) is 50.6 Å². The van der Waals surface area contributed by atoms with Crippen LogP contribution in [0.15, 0.2) is 30.6 Å².